The SMILES string of the molecule is CCC(=Cc1ccc(C(C)C)cc1)CNCC(C)C. The number of benzene rings is 1. The summed E-state index contributed by atoms with van der Waals surface area (Å²) in [6.07, 6.45) is 3.43. The monoisotopic (exact) mass is 259 g/mol. The molecule has 0 aliphatic rings. The topological polar surface area (TPSA) is 12.0 Å². The van der Waals surface area contributed by atoms with Gasteiger partial charge in [0.25, 0.3) is 0 Å². The van der Waals surface area contributed by atoms with Gasteiger partial charge >= 0.3 is 0 Å². The number of hydrogen-bond donors (Lipinski definition) is 1. The molecule has 1 rings (SSSR count). The average Bonchev–Trinajstić information content (AvgIpc) is 2.37. The zero-order valence-electron chi connectivity index (χ0n) is 13.2. The lowest BCUT2D eigenvalue weighted by molar-refractivity contribution is 0.569. The van der Waals surface area contributed by atoms with Crippen LogP contribution in [-0.4, -0.2) is 13.1 Å². The van der Waals surface area contributed by atoms with Crippen LogP contribution in [0.2, 0.25) is 0 Å². The summed E-state index contributed by atoms with van der Waals surface area (Å²) < 4.78 is 0. The van der Waals surface area contributed by atoms with Crippen molar-refractivity contribution in [2.24, 2.45) is 5.92 Å². The Kier molecular flexibility index (Phi) is 6.86. The van der Waals surface area contributed by atoms with Crippen LogP contribution in [0, 0.1) is 5.92 Å². The maximum absolute atomic E-state index is 3.52. The predicted octanol–water partition coefficient (Wildman–Crippen LogP) is 4.85. The van der Waals surface area contributed by atoms with E-state index in [4.69, 9.17) is 0 Å². The van der Waals surface area contributed by atoms with Gasteiger partial charge in [-0.25, -0.2) is 0 Å². The molecule has 106 valence electrons. The smallest absolute Gasteiger partial charge is 0.0167 e. The van der Waals surface area contributed by atoms with Crippen molar-refractivity contribution in [2.75, 3.05) is 13.1 Å². The van der Waals surface area contributed by atoms with Crippen LogP contribution in [0.5, 0.6) is 0 Å². The van der Waals surface area contributed by atoms with E-state index in [1.807, 2.05) is 0 Å². The van der Waals surface area contributed by atoms with Crippen LogP contribution in [0.1, 0.15) is 58.1 Å². The summed E-state index contributed by atoms with van der Waals surface area (Å²) in [7, 11) is 0. The van der Waals surface area contributed by atoms with Crippen molar-refractivity contribution in [3.63, 3.8) is 0 Å². The largest absolute Gasteiger partial charge is 0.313 e. The van der Waals surface area contributed by atoms with Gasteiger partial charge in [0.1, 0.15) is 0 Å². The fourth-order valence-electron chi connectivity index (χ4n) is 2.01. The first kappa shape index (κ1) is 16.0. The third-order valence-corrected chi connectivity index (χ3v) is 3.33. The van der Waals surface area contributed by atoms with Crippen molar-refractivity contribution in [1.82, 2.24) is 5.32 Å². The minimum absolute atomic E-state index is 0.608. The Bertz CT molecular complexity index is 385. The van der Waals surface area contributed by atoms with Gasteiger partial charge in [0.15, 0.2) is 0 Å². The molecule has 1 N–H and O–H groups in total. The maximum atomic E-state index is 3.52. The molecule has 1 aromatic carbocycles. The lowest BCUT2D eigenvalue weighted by Gasteiger charge is -2.10. The van der Waals surface area contributed by atoms with E-state index in [9.17, 15) is 0 Å². The molecule has 0 heterocycles. The van der Waals surface area contributed by atoms with E-state index >= 15 is 0 Å². The van der Waals surface area contributed by atoms with Crippen molar-refractivity contribution in [2.45, 2.75) is 47.0 Å². The fraction of sp³-hybridized carbons (Fsp3) is 0.556. The van der Waals surface area contributed by atoms with Gasteiger partial charge in [-0.2, -0.15) is 0 Å². The Morgan fingerprint density at radius 1 is 1.11 bits per heavy atom. The summed E-state index contributed by atoms with van der Waals surface area (Å²) in [5.41, 5.74) is 4.19. The van der Waals surface area contributed by atoms with E-state index in [2.05, 4.69) is 70.3 Å². The highest BCUT2D eigenvalue weighted by atomic mass is 14.9. The second-order valence-corrected chi connectivity index (χ2v) is 6.00. The van der Waals surface area contributed by atoms with E-state index in [0.717, 1.165) is 19.5 Å². The van der Waals surface area contributed by atoms with Gasteiger partial charge in [0, 0.05) is 6.54 Å². The molecule has 0 aromatic heterocycles. The lowest BCUT2D eigenvalue weighted by Crippen LogP contribution is -2.21. The Labute approximate surface area is 119 Å². The van der Waals surface area contributed by atoms with Crippen LogP contribution >= 0.6 is 0 Å². The third-order valence-electron chi connectivity index (χ3n) is 3.33. The Morgan fingerprint density at radius 3 is 2.21 bits per heavy atom. The minimum atomic E-state index is 0.608. The second-order valence-electron chi connectivity index (χ2n) is 6.00. The molecule has 0 aliphatic carbocycles. The molecule has 0 radical (unpaired) electrons. The highest BCUT2D eigenvalue weighted by molar-refractivity contribution is 5.53. The molecule has 0 saturated heterocycles. The highest BCUT2D eigenvalue weighted by Crippen LogP contribution is 2.16. The van der Waals surface area contributed by atoms with E-state index in [1.54, 1.807) is 0 Å². The molecule has 0 atom stereocenters. The van der Waals surface area contributed by atoms with Gasteiger partial charge in [-0.1, -0.05) is 70.5 Å². The van der Waals surface area contributed by atoms with Crippen molar-refractivity contribution < 1.29 is 0 Å². The minimum Gasteiger partial charge on any atom is -0.313 e. The first-order valence-corrected chi connectivity index (χ1v) is 7.53. The molecular formula is C18H29N. The summed E-state index contributed by atoms with van der Waals surface area (Å²) >= 11 is 0. The highest BCUT2D eigenvalue weighted by Gasteiger charge is 2.00. The Morgan fingerprint density at radius 2 is 1.74 bits per heavy atom. The predicted molar refractivity (Wildman–Crippen MR) is 86.5 cm³/mol. The van der Waals surface area contributed by atoms with E-state index in [0.29, 0.717) is 11.8 Å². The van der Waals surface area contributed by atoms with Gasteiger partial charge in [0.2, 0.25) is 0 Å². The molecule has 0 amide bonds. The van der Waals surface area contributed by atoms with E-state index in [-0.39, 0.29) is 0 Å². The molecule has 0 unspecified atom stereocenters. The lowest BCUT2D eigenvalue weighted by atomic mass is 10.0. The van der Waals surface area contributed by atoms with Crippen molar-refractivity contribution in [3.05, 3.63) is 41.0 Å². The van der Waals surface area contributed by atoms with Gasteiger partial charge in [-0.15, -0.1) is 0 Å². The summed E-state index contributed by atoms with van der Waals surface area (Å²) in [5, 5.41) is 3.52. The third kappa shape index (κ3) is 6.07. The average molecular weight is 259 g/mol. The molecule has 0 bridgehead atoms. The molecule has 0 aliphatic heterocycles. The Hall–Kier alpha value is -1.08. The van der Waals surface area contributed by atoms with Crippen molar-refractivity contribution >= 4 is 6.08 Å². The molecule has 1 nitrogen and oxygen atoms in total. The normalized spacial score (nSPS) is 12.5. The molecule has 0 spiro atoms. The molecular weight excluding hydrogens is 230 g/mol. The summed E-state index contributed by atoms with van der Waals surface area (Å²) in [6, 6.07) is 8.94. The first-order chi connectivity index (χ1) is 9.02. The van der Waals surface area contributed by atoms with Crippen molar-refractivity contribution in [1.29, 1.82) is 0 Å². The number of rotatable bonds is 7. The molecule has 1 heteroatoms. The van der Waals surface area contributed by atoms with Gasteiger partial charge in [-0.3, -0.25) is 0 Å². The van der Waals surface area contributed by atoms with Crippen LogP contribution in [0.4, 0.5) is 0 Å². The molecule has 0 fully saturated rings. The van der Waals surface area contributed by atoms with E-state index < -0.39 is 0 Å². The van der Waals surface area contributed by atoms with Crippen LogP contribution in [0.3, 0.4) is 0 Å². The first-order valence-electron chi connectivity index (χ1n) is 7.53. The summed E-state index contributed by atoms with van der Waals surface area (Å²) in [4.78, 5) is 0. The van der Waals surface area contributed by atoms with Crippen LogP contribution in [-0.2, 0) is 0 Å². The maximum Gasteiger partial charge on any atom is 0.0167 e. The summed E-state index contributed by atoms with van der Waals surface area (Å²) in [6.45, 7) is 13.3. The van der Waals surface area contributed by atoms with Gasteiger partial charge in [-0.05, 0) is 35.9 Å². The van der Waals surface area contributed by atoms with Crippen LogP contribution in [0.25, 0.3) is 6.08 Å². The van der Waals surface area contributed by atoms with Gasteiger partial charge < -0.3 is 5.32 Å². The fourth-order valence-corrected chi connectivity index (χ4v) is 2.01. The van der Waals surface area contributed by atoms with Gasteiger partial charge in [0.05, 0.1) is 0 Å². The summed E-state index contributed by atoms with van der Waals surface area (Å²) in [5.74, 6) is 1.32. The molecule has 0 saturated carbocycles. The van der Waals surface area contributed by atoms with Crippen molar-refractivity contribution in [3.8, 4) is 0 Å². The zero-order valence-corrected chi connectivity index (χ0v) is 13.2. The van der Waals surface area contributed by atoms with E-state index in [1.165, 1.54) is 16.7 Å². The van der Waals surface area contributed by atoms with Crippen LogP contribution in [0.15, 0.2) is 29.8 Å². The zero-order chi connectivity index (χ0) is 14.3. The van der Waals surface area contributed by atoms with Crippen LogP contribution < -0.4 is 5.32 Å². The number of hydrogen-bond acceptors (Lipinski definition) is 1. The quantitative estimate of drug-likeness (QED) is 0.738. The second kappa shape index (κ2) is 8.16. The molecule has 1 aromatic rings. The number of nitrogens with one attached hydrogen (secondary N) is 1. The standard InChI is InChI=1S/C18H29N/c1-6-16(13-19-12-14(2)3)11-17-7-9-18(10-8-17)15(4)5/h7-11,14-15,19H,6,12-13H2,1-5H3. The Balaban J connectivity index is 2.63. The molecule has 19 heavy (non-hydrogen) atoms.